The van der Waals surface area contributed by atoms with E-state index in [9.17, 15) is 5.26 Å². The summed E-state index contributed by atoms with van der Waals surface area (Å²) in [5.41, 5.74) is 2.32. The second-order valence-electron chi connectivity index (χ2n) is 7.01. The van der Waals surface area contributed by atoms with Crippen molar-refractivity contribution < 1.29 is 9.26 Å². The highest BCUT2D eigenvalue weighted by atomic mass is 35.5. The van der Waals surface area contributed by atoms with Crippen LogP contribution in [-0.4, -0.2) is 16.2 Å². The number of halogens is 1. The van der Waals surface area contributed by atoms with Gasteiger partial charge < -0.3 is 9.26 Å². The average molecular weight is 380 g/mol. The maximum atomic E-state index is 9.31. The summed E-state index contributed by atoms with van der Waals surface area (Å²) in [7, 11) is 0. The number of hydrogen-bond acceptors (Lipinski definition) is 5. The molecule has 0 atom stereocenters. The quantitative estimate of drug-likeness (QED) is 0.593. The molecule has 0 amide bonds. The second-order valence-corrected chi connectivity index (χ2v) is 7.41. The Kier molecular flexibility index (Phi) is 4.37. The van der Waals surface area contributed by atoms with Gasteiger partial charge in [0.25, 0.3) is 5.89 Å². The number of ether oxygens (including phenoxy) is 1. The summed E-state index contributed by atoms with van der Waals surface area (Å²) < 4.78 is 11.1. The van der Waals surface area contributed by atoms with E-state index >= 15 is 0 Å². The van der Waals surface area contributed by atoms with Gasteiger partial charge in [-0.3, -0.25) is 0 Å². The van der Waals surface area contributed by atoms with E-state index in [1.807, 2.05) is 44.2 Å². The van der Waals surface area contributed by atoms with E-state index in [1.165, 1.54) is 0 Å². The Morgan fingerprint density at radius 1 is 1.15 bits per heavy atom. The lowest BCUT2D eigenvalue weighted by Gasteiger charge is -2.11. The van der Waals surface area contributed by atoms with Gasteiger partial charge in [-0.05, 0) is 62.6 Å². The van der Waals surface area contributed by atoms with Crippen molar-refractivity contribution in [3.8, 4) is 34.7 Å². The van der Waals surface area contributed by atoms with E-state index < -0.39 is 0 Å². The molecule has 0 saturated heterocycles. The van der Waals surface area contributed by atoms with Gasteiger partial charge in [-0.15, -0.1) is 0 Å². The predicted molar refractivity (Wildman–Crippen MR) is 102 cm³/mol. The monoisotopic (exact) mass is 379 g/mol. The average Bonchev–Trinajstić information content (AvgIpc) is 3.32. The van der Waals surface area contributed by atoms with Crippen molar-refractivity contribution in [2.24, 2.45) is 0 Å². The van der Waals surface area contributed by atoms with Gasteiger partial charge in [-0.1, -0.05) is 28.9 Å². The van der Waals surface area contributed by atoms with Crippen LogP contribution in [0.3, 0.4) is 0 Å². The minimum atomic E-state index is -0.297. The molecule has 1 fully saturated rings. The molecule has 4 rings (SSSR count). The lowest BCUT2D eigenvalue weighted by atomic mass is 9.97. The Hall–Kier alpha value is -2.84. The zero-order valence-corrected chi connectivity index (χ0v) is 15.8. The molecule has 0 aliphatic heterocycles. The maximum absolute atomic E-state index is 9.31. The molecular weight excluding hydrogens is 362 g/mol. The summed E-state index contributed by atoms with van der Waals surface area (Å²) in [6, 6.07) is 15.6. The molecular formula is C21H18ClN3O2. The van der Waals surface area contributed by atoms with Crippen molar-refractivity contribution in [3.63, 3.8) is 0 Å². The zero-order chi connectivity index (χ0) is 19.0. The number of benzene rings is 2. The third-order valence-electron chi connectivity index (χ3n) is 4.63. The SMILES string of the molecule is CC(C)Oc1ccc(-c2noc(-c3ccc(C4(C#N)CC4)cc3)n2)cc1Cl. The van der Waals surface area contributed by atoms with Gasteiger partial charge in [0.05, 0.1) is 22.6 Å². The third kappa shape index (κ3) is 3.41. The lowest BCUT2D eigenvalue weighted by molar-refractivity contribution is 0.242. The molecule has 1 saturated carbocycles. The molecule has 1 aromatic heterocycles. The molecule has 1 aliphatic rings. The summed E-state index contributed by atoms with van der Waals surface area (Å²) in [5.74, 6) is 1.51. The molecule has 0 spiro atoms. The molecule has 1 heterocycles. The molecule has 0 N–H and O–H groups in total. The summed E-state index contributed by atoms with van der Waals surface area (Å²) >= 11 is 6.29. The van der Waals surface area contributed by atoms with Gasteiger partial charge in [0.15, 0.2) is 0 Å². The zero-order valence-electron chi connectivity index (χ0n) is 15.1. The minimum Gasteiger partial charge on any atom is -0.489 e. The highest BCUT2D eigenvalue weighted by Gasteiger charge is 2.44. The summed E-state index contributed by atoms with van der Waals surface area (Å²) in [4.78, 5) is 4.47. The number of aromatic nitrogens is 2. The van der Waals surface area contributed by atoms with Crippen molar-refractivity contribution in [3.05, 3.63) is 53.1 Å². The molecule has 0 bridgehead atoms. The summed E-state index contributed by atoms with van der Waals surface area (Å²) in [5, 5.41) is 13.9. The van der Waals surface area contributed by atoms with Crippen molar-refractivity contribution in [1.29, 1.82) is 5.26 Å². The minimum absolute atomic E-state index is 0.0453. The van der Waals surface area contributed by atoms with Crippen molar-refractivity contribution in [1.82, 2.24) is 10.1 Å². The van der Waals surface area contributed by atoms with E-state index in [4.69, 9.17) is 20.9 Å². The van der Waals surface area contributed by atoms with Gasteiger partial charge >= 0.3 is 0 Å². The van der Waals surface area contributed by atoms with E-state index in [2.05, 4.69) is 16.2 Å². The van der Waals surface area contributed by atoms with Crippen LogP contribution in [0.4, 0.5) is 0 Å². The molecule has 5 nitrogen and oxygen atoms in total. The van der Waals surface area contributed by atoms with Gasteiger partial charge in [0.2, 0.25) is 5.82 Å². The van der Waals surface area contributed by atoms with Crippen LogP contribution in [0.5, 0.6) is 5.75 Å². The van der Waals surface area contributed by atoms with Crippen molar-refractivity contribution in [2.45, 2.75) is 38.2 Å². The first-order valence-electron chi connectivity index (χ1n) is 8.83. The van der Waals surface area contributed by atoms with Crippen LogP contribution in [0.1, 0.15) is 32.3 Å². The van der Waals surface area contributed by atoms with Gasteiger partial charge in [0.1, 0.15) is 5.75 Å². The van der Waals surface area contributed by atoms with Crippen molar-refractivity contribution >= 4 is 11.6 Å². The van der Waals surface area contributed by atoms with Crippen LogP contribution in [0.25, 0.3) is 22.8 Å². The predicted octanol–water partition coefficient (Wildman–Crippen LogP) is 5.40. The number of hydrogen-bond donors (Lipinski definition) is 0. The van der Waals surface area contributed by atoms with E-state index in [1.54, 1.807) is 12.1 Å². The Morgan fingerprint density at radius 2 is 1.85 bits per heavy atom. The number of nitrogens with zero attached hydrogens (tertiary/aromatic N) is 3. The molecule has 3 aromatic rings. The number of rotatable bonds is 5. The van der Waals surface area contributed by atoms with Crippen LogP contribution in [0.2, 0.25) is 5.02 Å². The van der Waals surface area contributed by atoms with E-state index in [0.29, 0.717) is 22.5 Å². The summed E-state index contributed by atoms with van der Waals surface area (Å²) in [6.07, 6.45) is 1.89. The van der Waals surface area contributed by atoms with E-state index in [0.717, 1.165) is 29.5 Å². The Morgan fingerprint density at radius 3 is 2.44 bits per heavy atom. The van der Waals surface area contributed by atoms with Gasteiger partial charge in [0, 0.05) is 11.1 Å². The normalized spacial score (nSPS) is 14.8. The van der Waals surface area contributed by atoms with Crippen LogP contribution in [0.15, 0.2) is 47.0 Å². The Balaban J connectivity index is 1.57. The van der Waals surface area contributed by atoms with E-state index in [-0.39, 0.29) is 11.5 Å². The van der Waals surface area contributed by atoms with Crippen molar-refractivity contribution in [2.75, 3.05) is 0 Å². The Bertz CT molecular complexity index is 1010. The highest BCUT2D eigenvalue weighted by Crippen LogP contribution is 2.47. The lowest BCUT2D eigenvalue weighted by Crippen LogP contribution is -2.05. The standard InChI is InChI=1S/C21H18ClN3O2/c1-13(2)26-18-8-5-15(11-17(18)22)19-24-20(27-25-19)14-3-6-16(7-4-14)21(12-23)9-10-21/h3-8,11,13H,9-10H2,1-2H3. The fraction of sp³-hybridized carbons (Fsp3) is 0.286. The largest absolute Gasteiger partial charge is 0.489 e. The van der Waals surface area contributed by atoms with Crippen LogP contribution in [0, 0.1) is 11.3 Å². The molecule has 27 heavy (non-hydrogen) atoms. The highest BCUT2D eigenvalue weighted by molar-refractivity contribution is 6.32. The molecule has 0 radical (unpaired) electrons. The first kappa shape index (κ1) is 17.6. The molecule has 2 aromatic carbocycles. The third-order valence-corrected chi connectivity index (χ3v) is 4.92. The molecule has 136 valence electrons. The number of nitriles is 1. The van der Waals surface area contributed by atoms with Gasteiger partial charge in [-0.2, -0.15) is 10.2 Å². The Labute approximate surface area is 162 Å². The van der Waals surface area contributed by atoms with Crippen LogP contribution < -0.4 is 4.74 Å². The van der Waals surface area contributed by atoms with Crippen LogP contribution >= 0.6 is 11.6 Å². The molecule has 1 aliphatic carbocycles. The topological polar surface area (TPSA) is 71.9 Å². The first-order valence-corrected chi connectivity index (χ1v) is 9.21. The second kappa shape index (κ2) is 6.71. The fourth-order valence-electron chi connectivity index (χ4n) is 2.97. The van der Waals surface area contributed by atoms with Gasteiger partial charge in [-0.25, -0.2) is 0 Å². The molecule has 0 unspecified atom stereocenters. The molecule has 6 heteroatoms. The summed E-state index contributed by atoms with van der Waals surface area (Å²) in [6.45, 7) is 3.89. The smallest absolute Gasteiger partial charge is 0.258 e. The van der Waals surface area contributed by atoms with Crippen LogP contribution in [-0.2, 0) is 5.41 Å². The maximum Gasteiger partial charge on any atom is 0.258 e. The fourth-order valence-corrected chi connectivity index (χ4v) is 3.19. The first-order chi connectivity index (χ1) is 13.0.